The van der Waals surface area contributed by atoms with E-state index in [1.54, 1.807) is 0 Å². The number of imidazole rings is 1. The molecule has 2 saturated heterocycles. The van der Waals surface area contributed by atoms with E-state index in [0.29, 0.717) is 13.5 Å². The van der Waals surface area contributed by atoms with Gasteiger partial charge in [0.2, 0.25) is 5.95 Å². The van der Waals surface area contributed by atoms with Crippen LogP contribution >= 0.6 is 0 Å². The molecule has 0 bridgehead atoms. The normalized spacial score (nSPS) is 24.7. The molecule has 2 aliphatic rings. The van der Waals surface area contributed by atoms with Gasteiger partial charge in [0.15, 0.2) is 0 Å². The largest absolute Gasteiger partial charge is 0.514 e. The average Bonchev–Trinajstić information content (AvgIpc) is 2.65. The third-order valence-corrected chi connectivity index (χ3v) is 4.27. The summed E-state index contributed by atoms with van der Waals surface area (Å²) in [6.45, 7) is 9.38. The van der Waals surface area contributed by atoms with Gasteiger partial charge in [-0.25, -0.2) is 4.98 Å². The fraction of sp³-hybridized carbons (Fsp3) is 0.750. The predicted octanol–water partition coefficient (Wildman–Crippen LogP) is 0.471. The Morgan fingerprint density at radius 1 is 1.16 bits per heavy atom. The first kappa shape index (κ1) is 13.0. The van der Waals surface area contributed by atoms with Crippen LogP contribution in [0.15, 0.2) is 6.20 Å². The summed E-state index contributed by atoms with van der Waals surface area (Å²) in [4.78, 5) is 6.48. The van der Waals surface area contributed by atoms with Crippen molar-refractivity contribution in [1.29, 1.82) is 0 Å². The van der Waals surface area contributed by atoms with E-state index < -0.39 is 0 Å². The van der Waals surface area contributed by atoms with Crippen LogP contribution in [0.3, 0.4) is 0 Å². The molecule has 1 aromatic rings. The van der Waals surface area contributed by atoms with Crippen molar-refractivity contribution in [3.05, 3.63) is 6.20 Å². The third kappa shape index (κ3) is 1.88. The lowest BCUT2D eigenvalue weighted by molar-refractivity contribution is 0.00578. The Balaban J connectivity index is 1.86. The Bertz CT molecular complexity index is 480. The van der Waals surface area contributed by atoms with Crippen molar-refractivity contribution in [1.82, 2.24) is 9.55 Å². The van der Waals surface area contributed by atoms with Gasteiger partial charge in [0.1, 0.15) is 13.5 Å². The average molecular weight is 265 g/mol. The Morgan fingerprint density at radius 3 is 2.21 bits per heavy atom. The van der Waals surface area contributed by atoms with Crippen LogP contribution in [0.25, 0.3) is 0 Å². The first-order chi connectivity index (χ1) is 8.82. The molecule has 0 aliphatic carbocycles. The molecule has 0 spiro atoms. The first-order valence-corrected chi connectivity index (χ1v) is 6.52. The molecule has 2 aliphatic heterocycles. The van der Waals surface area contributed by atoms with Gasteiger partial charge >= 0.3 is 7.12 Å². The molecule has 6 nitrogen and oxygen atoms in total. The molecule has 19 heavy (non-hydrogen) atoms. The molecule has 104 valence electrons. The molecule has 3 heterocycles. The SMILES string of the molecule is Cn1c(B2OC(C)(C)C(C)(C)O2)cnc1N1COC1. The van der Waals surface area contributed by atoms with Gasteiger partial charge in [0, 0.05) is 13.2 Å². The molecule has 0 unspecified atom stereocenters. The van der Waals surface area contributed by atoms with Gasteiger partial charge in [0.05, 0.1) is 16.8 Å². The van der Waals surface area contributed by atoms with Crippen LogP contribution in [-0.2, 0) is 21.1 Å². The van der Waals surface area contributed by atoms with E-state index in [4.69, 9.17) is 14.0 Å². The molecule has 2 fully saturated rings. The van der Waals surface area contributed by atoms with E-state index >= 15 is 0 Å². The van der Waals surface area contributed by atoms with Crippen molar-refractivity contribution < 1.29 is 14.0 Å². The summed E-state index contributed by atoms with van der Waals surface area (Å²) in [6.07, 6.45) is 1.82. The lowest BCUT2D eigenvalue weighted by Crippen LogP contribution is -2.44. The Labute approximate surface area is 113 Å². The molecular weight excluding hydrogens is 245 g/mol. The molecule has 3 rings (SSSR count). The number of rotatable bonds is 2. The maximum atomic E-state index is 6.04. The van der Waals surface area contributed by atoms with Crippen LogP contribution in [0.5, 0.6) is 0 Å². The summed E-state index contributed by atoms with van der Waals surface area (Å²) in [5.74, 6) is 0.885. The lowest BCUT2D eigenvalue weighted by atomic mass is 9.85. The molecule has 0 aromatic carbocycles. The highest BCUT2D eigenvalue weighted by Gasteiger charge is 2.52. The Kier molecular flexibility index (Phi) is 2.71. The molecular formula is C12H20BN3O3. The van der Waals surface area contributed by atoms with Gasteiger partial charge in [-0.1, -0.05) is 0 Å². The number of hydrogen-bond acceptors (Lipinski definition) is 5. The van der Waals surface area contributed by atoms with Gasteiger partial charge in [0.25, 0.3) is 0 Å². The minimum atomic E-state index is -0.376. The monoisotopic (exact) mass is 265 g/mol. The van der Waals surface area contributed by atoms with Gasteiger partial charge < -0.3 is 18.6 Å². The predicted molar refractivity (Wildman–Crippen MR) is 72.2 cm³/mol. The van der Waals surface area contributed by atoms with Crippen LogP contribution in [0.2, 0.25) is 0 Å². The molecule has 0 amide bonds. The summed E-state index contributed by atoms with van der Waals surface area (Å²) >= 11 is 0. The van der Waals surface area contributed by atoms with Crippen molar-refractivity contribution >= 4 is 18.7 Å². The van der Waals surface area contributed by atoms with Crippen molar-refractivity contribution in [2.75, 3.05) is 18.4 Å². The van der Waals surface area contributed by atoms with Crippen LogP contribution < -0.4 is 10.5 Å². The lowest BCUT2D eigenvalue weighted by Gasteiger charge is -2.32. The van der Waals surface area contributed by atoms with Crippen molar-refractivity contribution in [2.24, 2.45) is 7.05 Å². The molecule has 7 heteroatoms. The molecule has 0 saturated carbocycles. The zero-order valence-corrected chi connectivity index (χ0v) is 12.1. The van der Waals surface area contributed by atoms with E-state index in [9.17, 15) is 0 Å². The first-order valence-electron chi connectivity index (χ1n) is 6.52. The van der Waals surface area contributed by atoms with Crippen LogP contribution in [0.1, 0.15) is 27.7 Å². The van der Waals surface area contributed by atoms with E-state index in [-0.39, 0.29) is 18.3 Å². The van der Waals surface area contributed by atoms with Crippen molar-refractivity contribution in [3.63, 3.8) is 0 Å². The smallest absolute Gasteiger partial charge is 0.398 e. The zero-order chi connectivity index (χ0) is 13.8. The summed E-state index contributed by atoms with van der Waals surface area (Å²) in [5.41, 5.74) is 0.268. The van der Waals surface area contributed by atoms with Gasteiger partial charge in [-0.15, -0.1) is 0 Å². The molecule has 0 atom stereocenters. The Hall–Kier alpha value is -1.05. The Morgan fingerprint density at radius 2 is 1.74 bits per heavy atom. The van der Waals surface area contributed by atoms with Gasteiger partial charge in [-0.05, 0) is 27.7 Å². The maximum Gasteiger partial charge on any atom is 0.514 e. The van der Waals surface area contributed by atoms with Crippen molar-refractivity contribution in [2.45, 2.75) is 38.9 Å². The maximum absolute atomic E-state index is 6.04. The topological polar surface area (TPSA) is 48.8 Å². The number of anilines is 1. The second-order valence-electron chi connectivity index (χ2n) is 6.13. The number of nitrogens with zero attached hydrogens (tertiary/aromatic N) is 3. The highest BCUT2D eigenvalue weighted by molar-refractivity contribution is 6.61. The zero-order valence-electron chi connectivity index (χ0n) is 12.1. The van der Waals surface area contributed by atoms with Crippen LogP contribution in [0, 0.1) is 0 Å². The van der Waals surface area contributed by atoms with Gasteiger partial charge in [-0.2, -0.15) is 0 Å². The molecule has 1 aromatic heterocycles. The van der Waals surface area contributed by atoms with Crippen LogP contribution in [0.4, 0.5) is 5.95 Å². The standard InChI is InChI=1S/C12H20BN3O3/c1-11(2)12(3,4)19-13(18-11)9-6-14-10(15(9)5)16-7-17-8-16/h6H,7-8H2,1-5H3. The minimum Gasteiger partial charge on any atom is -0.398 e. The molecule has 0 N–H and O–H groups in total. The van der Waals surface area contributed by atoms with E-state index in [2.05, 4.69) is 9.88 Å². The van der Waals surface area contributed by atoms with E-state index in [0.717, 1.165) is 11.5 Å². The van der Waals surface area contributed by atoms with Crippen LogP contribution in [-0.4, -0.2) is 41.3 Å². The molecule has 0 radical (unpaired) electrons. The summed E-state index contributed by atoms with van der Waals surface area (Å²) in [7, 11) is 1.60. The highest BCUT2D eigenvalue weighted by atomic mass is 16.7. The minimum absolute atomic E-state index is 0.331. The second-order valence-corrected chi connectivity index (χ2v) is 6.13. The fourth-order valence-corrected chi connectivity index (χ4v) is 2.19. The second kappa shape index (κ2) is 3.97. The number of ether oxygens (including phenoxy) is 1. The third-order valence-electron chi connectivity index (χ3n) is 4.27. The van der Waals surface area contributed by atoms with E-state index in [1.807, 2.05) is 45.5 Å². The summed E-state index contributed by atoms with van der Waals surface area (Å²) < 4.78 is 19.2. The number of aromatic nitrogens is 2. The summed E-state index contributed by atoms with van der Waals surface area (Å²) in [5, 5.41) is 0. The quantitative estimate of drug-likeness (QED) is 0.727. The summed E-state index contributed by atoms with van der Waals surface area (Å²) in [6, 6.07) is 0. The van der Waals surface area contributed by atoms with E-state index in [1.165, 1.54) is 0 Å². The van der Waals surface area contributed by atoms with Crippen molar-refractivity contribution in [3.8, 4) is 0 Å². The number of hydrogen-bond donors (Lipinski definition) is 0. The fourth-order valence-electron chi connectivity index (χ4n) is 2.19. The highest BCUT2D eigenvalue weighted by Crippen LogP contribution is 2.36. The van der Waals surface area contributed by atoms with Gasteiger partial charge in [-0.3, -0.25) is 4.90 Å².